The third-order valence-electron chi connectivity index (χ3n) is 2.87. The van der Waals surface area contributed by atoms with Crippen LogP contribution in [0.25, 0.3) is 0 Å². The topological polar surface area (TPSA) is 74.0 Å². The van der Waals surface area contributed by atoms with Gasteiger partial charge in [-0.2, -0.15) is 0 Å². The Hall–Kier alpha value is -1.82. The average molecular weight is 252 g/mol. The standard InChI is InChI=1S/C12H16N2O4/c1-12(17)7-14(8-12)10(15)6-13(2)11(16)9-4-3-5-18-9/h3-5,17H,6-8H2,1-2H3. The van der Waals surface area contributed by atoms with Crippen LogP contribution in [0.15, 0.2) is 22.8 Å². The van der Waals surface area contributed by atoms with Crippen LogP contribution in [-0.4, -0.2) is 59.0 Å². The van der Waals surface area contributed by atoms with Gasteiger partial charge in [0.1, 0.15) is 0 Å². The number of aliphatic hydroxyl groups is 1. The van der Waals surface area contributed by atoms with Crippen LogP contribution in [-0.2, 0) is 4.79 Å². The van der Waals surface area contributed by atoms with Crippen LogP contribution >= 0.6 is 0 Å². The maximum atomic E-state index is 11.8. The Kier molecular flexibility index (Phi) is 3.13. The number of hydrogen-bond acceptors (Lipinski definition) is 4. The predicted octanol–water partition coefficient (Wildman–Crippen LogP) is -0.0552. The van der Waals surface area contributed by atoms with Gasteiger partial charge >= 0.3 is 0 Å². The minimum absolute atomic E-state index is 0.0182. The summed E-state index contributed by atoms with van der Waals surface area (Å²) in [6.45, 7) is 2.29. The second-order valence-corrected chi connectivity index (χ2v) is 4.89. The van der Waals surface area contributed by atoms with Gasteiger partial charge in [-0.15, -0.1) is 0 Å². The summed E-state index contributed by atoms with van der Waals surface area (Å²) in [7, 11) is 1.54. The van der Waals surface area contributed by atoms with Crippen molar-refractivity contribution in [2.45, 2.75) is 12.5 Å². The fourth-order valence-corrected chi connectivity index (χ4v) is 1.92. The van der Waals surface area contributed by atoms with E-state index in [1.807, 2.05) is 0 Å². The molecular weight excluding hydrogens is 236 g/mol. The SMILES string of the molecule is CN(CC(=O)N1CC(C)(O)C1)C(=O)c1ccco1. The first kappa shape index (κ1) is 12.6. The fraction of sp³-hybridized carbons (Fsp3) is 0.500. The molecule has 2 amide bonds. The molecule has 6 heteroatoms. The van der Waals surface area contributed by atoms with Crippen molar-refractivity contribution in [3.8, 4) is 0 Å². The Morgan fingerprint density at radius 2 is 2.22 bits per heavy atom. The Morgan fingerprint density at radius 1 is 1.56 bits per heavy atom. The van der Waals surface area contributed by atoms with E-state index >= 15 is 0 Å². The van der Waals surface area contributed by atoms with Crippen molar-refractivity contribution in [1.82, 2.24) is 9.80 Å². The van der Waals surface area contributed by atoms with E-state index in [4.69, 9.17) is 4.42 Å². The van der Waals surface area contributed by atoms with E-state index < -0.39 is 5.60 Å². The van der Waals surface area contributed by atoms with E-state index in [0.717, 1.165) is 0 Å². The van der Waals surface area contributed by atoms with Crippen LogP contribution < -0.4 is 0 Å². The van der Waals surface area contributed by atoms with Crippen molar-refractivity contribution in [2.75, 3.05) is 26.7 Å². The lowest BCUT2D eigenvalue weighted by Crippen LogP contribution is -2.63. The summed E-state index contributed by atoms with van der Waals surface area (Å²) >= 11 is 0. The van der Waals surface area contributed by atoms with Crippen molar-refractivity contribution < 1.29 is 19.1 Å². The van der Waals surface area contributed by atoms with E-state index in [1.165, 1.54) is 16.1 Å². The summed E-state index contributed by atoms with van der Waals surface area (Å²) < 4.78 is 4.98. The average Bonchev–Trinajstić information content (AvgIpc) is 2.77. The Morgan fingerprint density at radius 3 is 2.72 bits per heavy atom. The molecule has 98 valence electrons. The summed E-state index contributed by atoms with van der Waals surface area (Å²) in [6.07, 6.45) is 1.41. The van der Waals surface area contributed by atoms with Crippen molar-refractivity contribution in [2.24, 2.45) is 0 Å². The van der Waals surface area contributed by atoms with Gasteiger partial charge in [-0.25, -0.2) is 0 Å². The van der Waals surface area contributed by atoms with Gasteiger partial charge in [-0.05, 0) is 19.1 Å². The summed E-state index contributed by atoms with van der Waals surface area (Å²) in [4.78, 5) is 26.4. The number of likely N-dealkylation sites (tertiary alicyclic amines) is 1. The highest BCUT2D eigenvalue weighted by Crippen LogP contribution is 2.19. The Bertz CT molecular complexity index is 445. The first-order valence-electron chi connectivity index (χ1n) is 5.68. The highest BCUT2D eigenvalue weighted by Gasteiger charge is 2.39. The Balaban J connectivity index is 1.86. The van der Waals surface area contributed by atoms with Crippen LogP contribution in [0.4, 0.5) is 0 Å². The van der Waals surface area contributed by atoms with Crippen molar-refractivity contribution in [3.05, 3.63) is 24.2 Å². The lowest BCUT2D eigenvalue weighted by molar-refractivity contribution is -0.152. The number of hydrogen-bond donors (Lipinski definition) is 1. The number of likely N-dealkylation sites (N-methyl/N-ethyl adjacent to an activating group) is 1. The number of amides is 2. The first-order valence-corrected chi connectivity index (χ1v) is 5.68. The zero-order valence-corrected chi connectivity index (χ0v) is 10.4. The molecule has 0 atom stereocenters. The van der Waals surface area contributed by atoms with Crippen LogP contribution in [0, 0.1) is 0 Å². The molecule has 1 N–H and O–H groups in total. The maximum absolute atomic E-state index is 11.8. The van der Waals surface area contributed by atoms with Crippen LogP contribution in [0.1, 0.15) is 17.5 Å². The van der Waals surface area contributed by atoms with Gasteiger partial charge in [0.15, 0.2) is 5.76 Å². The van der Waals surface area contributed by atoms with Gasteiger partial charge in [0.2, 0.25) is 5.91 Å². The number of nitrogens with zero attached hydrogens (tertiary/aromatic N) is 2. The van der Waals surface area contributed by atoms with Gasteiger partial charge in [0, 0.05) is 7.05 Å². The minimum atomic E-state index is -0.792. The molecule has 0 saturated carbocycles. The molecule has 0 spiro atoms. The molecule has 0 aliphatic carbocycles. The third-order valence-corrected chi connectivity index (χ3v) is 2.87. The summed E-state index contributed by atoms with van der Waals surface area (Å²) in [5.74, 6) is -0.300. The molecule has 2 heterocycles. The monoisotopic (exact) mass is 252 g/mol. The summed E-state index contributed by atoms with van der Waals surface area (Å²) in [6, 6.07) is 3.17. The maximum Gasteiger partial charge on any atom is 0.289 e. The van der Waals surface area contributed by atoms with Crippen LogP contribution in [0.5, 0.6) is 0 Å². The fourth-order valence-electron chi connectivity index (χ4n) is 1.92. The van der Waals surface area contributed by atoms with Gasteiger partial charge in [0.05, 0.1) is 31.5 Å². The van der Waals surface area contributed by atoms with Crippen molar-refractivity contribution in [1.29, 1.82) is 0 Å². The van der Waals surface area contributed by atoms with E-state index in [-0.39, 0.29) is 24.1 Å². The van der Waals surface area contributed by atoms with Crippen molar-refractivity contribution in [3.63, 3.8) is 0 Å². The van der Waals surface area contributed by atoms with E-state index in [1.54, 1.807) is 26.1 Å². The normalized spacial score (nSPS) is 17.2. The molecule has 1 aromatic rings. The molecule has 0 aromatic carbocycles. The molecule has 1 fully saturated rings. The molecule has 1 aliphatic heterocycles. The van der Waals surface area contributed by atoms with Crippen molar-refractivity contribution >= 4 is 11.8 Å². The number of rotatable bonds is 3. The molecule has 6 nitrogen and oxygen atoms in total. The molecule has 1 aromatic heterocycles. The number of furan rings is 1. The highest BCUT2D eigenvalue weighted by molar-refractivity contribution is 5.94. The largest absolute Gasteiger partial charge is 0.459 e. The molecule has 2 rings (SSSR count). The number of carbonyl (C=O) groups is 2. The predicted molar refractivity (Wildman–Crippen MR) is 62.9 cm³/mol. The van der Waals surface area contributed by atoms with Gasteiger partial charge < -0.3 is 19.3 Å². The zero-order chi connectivity index (χ0) is 13.3. The Labute approximate surface area is 105 Å². The van der Waals surface area contributed by atoms with Crippen LogP contribution in [0.2, 0.25) is 0 Å². The molecular formula is C12H16N2O4. The molecule has 18 heavy (non-hydrogen) atoms. The zero-order valence-electron chi connectivity index (χ0n) is 10.4. The molecule has 0 bridgehead atoms. The van der Waals surface area contributed by atoms with Crippen LogP contribution in [0.3, 0.4) is 0 Å². The van der Waals surface area contributed by atoms with E-state index in [0.29, 0.717) is 13.1 Å². The molecule has 0 radical (unpaired) electrons. The van der Waals surface area contributed by atoms with E-state index in [9.17, 15) is 14.7 Å². The van der Waals surface area contributed by atoms with Gasteiger partial charge in [-0.1, -0.05) is 0 Å². The minimum Gasteiger partial charge on any atom is -0.459 e. The second-order valence-electron chi connectivity index (χ2n) is 4.89. The van der Waals surface area contributed by atoms with Gasteiger partial charge in [0.25, 0.3) is 5.91 Å². The summed E-state index contributed by atoms with van der Waals surface area (Å²) in [5.41, 5.74) is -0.792. The lowest BCUT2D eigenvalue weighted by atomic mass is 9.97. The third kappa shape index (κ3) is 2.53. The molecule has 1 aliphatic rings. The second kappa shape index (κ2) is 4.45. The smallest absolute Gasteiger partial charge is 0.289 e. The number of carbonyl (C=O) groups excluding carboxylic acids is 2. The summed E-state index contributed by atoms with van der Waals surface area (Å²) in [5, 5.41) is 9.54. The van der Waals surface area contributed by atoms with Gasteiger partial charge in [-0.3, -0.25) is 9.59 Å². The molecule has 0 unspecified atom stereocenters. The highest BCUT2D eigenvalue weighted by atomic mass is 16.3. The first-order chi connectivity index (χ1) is 8.39. The molecule has 1 saturated heterocycles. The quantitative estimate of drug-likeness (QED) is 0.818. The van der Waals surface area contributed by atoms with E-state index in [2.05, 4.69) is 0 Å². The lowest BCUT2D eigenvalue weighted by Gasteiger charge is -2.44. The number of β-amino-alcohol motifs (C(OH)–C–C–N with tert-alkyl or cyclic N) is 1.